The van der Waals surface area contributed by atoms with Crippen LogP contribution in [0.4, 0.5) is 0 Å². The summed E-state index contributed by atoms with van der Waals surface area (Å²) in [6.07, 6.45) is 2.31. The fourth-order valence-corrected chi connectivity index (χ4v) is 2.84. The SMILES string of the molecule is N#C/C(=C/NCCc1ccc(Cl)cc1)C(=O)N1CCN(CCN)CC1. The highest BCUT2D eigenvalue weighted by Crippen LogP contribution is 2.10. The maximum atomic E-state index is 12.4. The summed E-state index contributed by atoms with van der Waals surface area (Å²) in [5, 5.41) is 13.0. The molecule has 0 spiro atoms. The van der Waals surface area contributed by atoms with Crippen LogP contribution in [0.15, 0.2) is 36.0 Å². The average Bonchev–Trinajstić information content (AvgIpc) is 2.64. The smallest absolute Gasteiger partial charge is 0.266 e. The lowest BCUT2D eigenvalue weighted by atomic mass is 10.1. The molecule has 1 aromatic carbocycles. The van der Waals surface area contributed by atoms with Gasteiger partial charge in [0.15, 0.2) is 0 Å². The Morgan fingerprint density at radius 3 is 2.56 bits per heavy atom. The Kier molecular flexibility index (Phi) is 7.74. The number of nitrogens with zero attached hydrogens (tertiary/aromatic N) is 3. The molecular formula is C18H24ClN5O. The number of benzene rings is 1. The van der Waals surface area contributed by atoms with Crippen LogP contribution in [0.3, 0.4) is 0 Å². The Morgan fingerprint density at radius 2 is 1.96 bits per heavy atom. The van der Waals surface area contributed by atoms with Crippen molar-refractivity contribution in [2.45, 2.75) is 6.42 Å². The molecule has 1 fully saturated rings. The molecule has 0 saturated carbocycles. The number of nitriles is 1. The minimum Gasteiger partial charge on any atom is -0.389 e. The third-order valence-electron chi connectivity index (χ3n) is 4.17. The molecule has 0 atom stereocenters. The van der Waals surface area contributed by atoms with Crippen LogP contribution in [0.2, 0.25) is 5.02 Å². The van der Waals surface area contributed by atoms with Crippen LogP contribution < -0.4 is 11.1 Å². The molecule has 1 aromatic rings. The predicted molar refractivity (Wildman–Crippen MR) is 98.9 cm³/mol. The van der Waals surface area contributed by atoms with Crippen LogP contribution in [0.25, 0.3) is 0 Å². The van der Waals surface area contributed by atoms with E-state index in [9.17, 15) is 10.1 Å². The summed E-state index contributed by atoms with van der Waals surface area (Å²) in [4.78, 5) is 16.4. The van der Waals surface area contributed by atoms with E-state index in [-0.39, 0.29) is 11.5 Å². The van der Waals surface area contributed by atoms with Gasteiger partial charge < -0.3 is 16.0 Å². The first-order chi connectivity index (χ1) is 12.1. The molecule has 1 heterocycles. The van der Waals surface area contributed by atoms with Crippen molar-refractivity contribution in [3.05, 3.63) is 46.6 Å². The second-order valence-corrected chi connectivity index (χ2v) is 6.36. The van der Waals surface area contributed by atoms with Gasteiger partial charge in [0.2, 0.25) is 0 Å². The standard InChI is InChI=1S/C18H24ClN5O/c19-17-3-1-15(2-4-17)5-7-22-14-16(13-21)18(25)24-11-9-23(8-6-20)10-12-24/h1-4,14,22H,5-12,20H2/b16-14-. The number of hydrogen-bond donors (Lipinski definition) is 2. The van der Waals surface area contributed by atoms with Gasteiger partial charge >= 0.3 is 0 Å². The molecular weight excluding hydrogens is 338 g/mol. The maximum absolute atomic E-state index is 12.4. The van der Waals surface area contributed by atoms with Crippen molar-refractivity contribution in [1.82, 2.24) is 15.1 Å². The molecule has 3 N–H and O–H groups in total. The first-order valence-corrected chi connectivity index (χ1v) is 8.81. The van der Waals surface area contributed by atoms with Crippen LogP contribution in [-0.4, -0.2) is 61.5 Å². The summed E-state index contributed by atoms with van der Waals surface area (Å²) in [6, 6.07) is 9.62. The summed E-state index contributed by atoms with van der Waals surface area (Å²) in [5.74, 6) is -0.214. The van der Waals surface area contributed by atoms with E-state index in [1.807, 2.05) is 30.3 Å². The molecule has 6 nitrogen and oxygen atoms in total. The molecule has 0 aromatic heterocycles. The van der Waals surface area contributed by atoms with Crippen LogP contribution >= 0.6 is 11.6 Å². The van der Waals surface area contributed by atoms with E-state index in [4.69, 9.17) is 17.3 Å². The fraction of sp³-hybridized carbons (Fsp3) is 0.444. The van der Waals surface area contributed by atoms with Gasteiger partial charge in [-0.25, -0.2) is 0 Å². The van der Waals surface area contributed by atoms with Crippen molar-refractivity contribution in [2.75, 3.05) is 45.8 Å². The molecule has 1 saturated heterocycles. The van der Waals surface area contributed by atoms with E-state index in [1.54, 1.807) is 4.90 Å². The lowest BCUT2D eigenvalue weighted by Crippen LogP contribution is -2.50. The highest BCUT2D eigenvalue weighted by molar-refractivity contribution is 6.30. The number of amides is 1. The number of hydrogen-bond acceptors (Lipinski definition) is 5. The Morgan fingerprint density at radius 1 is 1.28 bits per heavy atom. The molecule has 1 aliphatic heterocycles. The van der Waals surface area contributed by atoms with Gasteiger partial charge in [0.1, 0.15) is 11.6 Å². The first-order valence-electron chi connectivity index (χ1n) is 8.44. The van der Waals surface area contributed by atoms with Crippen molar-refractivity contribution < 1.29 is 4.79 Å². The average molecular weight is 362 g/mol. The largest absolute Gasteiger partial charge is 0.389 e. The summed E-state index contributed by atoms with van der Waals surface area (Å²) < 4.78 is 0. The van der Waals surface area contributed by atoms with Crippen molar-refractivity contribution in [3.8, 4) is 6.07 Å². The van der Waals surface area contributed by atoms with E-state index in [0.29, 0.717) is 31.2 Å². The van der Waals surface area contributed by atoms with Gasteiger partial charge in [0, 0.05) is 57.0 Å². The number of nitrogens with two attached hydrogens (primary N) is 1. The van der Waals surface area contributed by atoms with Crippen LogP contribution in [-0.2, 0) is 11.2 Å². The van der Waals surface area contributed by atoms with E-state index in [1.165, 1.54) is 6.20 Å². The number of carbonyl (C=O) groups excluding carboxylic acids is 1. The summed E-state index contributed by atoms with van der Waals surface area (Å²) in [6.45, 7) is 4.96. The van der Waals surface area contributed by atoms with E-state index < -0.39 is 0 Å². The summed E-state index contributed by atoms with van der Waals surface area (Å²) in [7, 11) is 0. The van der Waals surface area contributed by atoms with Gasteiger partial charge in [-0.05, 0) is 24.1 Å². The number of carbonyl (C=O) groups is 1. The van der Waals surface area contributed by atoms with E-state index >= 15 is 0 Å². The molecule has 25 heavy (non-hydrogen) atoms. The predicted octanol–water partition coefficient (Wildman–Crippen LogP) is 0.982. The lowest BCUT2D eigenvalue weighted by molar-refractivity contribution is -0.128. The Balaban J connectivity index is 1.80. The first kappa shape index (κ1) is 19.3. The van der Waals surface area contributed by atoms with Crippen molar-refractivity contribution >= 4 is 17.5 Å². The van der Waals surface area contributed by atoms with Crippen LogP contribution in [0.1, 0.15) is 5.56 Å². The fourth-order valence-electron chi connectivity index (χ4n) is 2.71. The van der Waals surface area contributed by atoms with Crippen molar-refractivity contribution in [3.63, 3.8) is 0 Å². The van der Waals surface area contributed by atoms with Gasteiger partial charge in [-0.1, -0.05) is 23.7 Å². The normalized spacial score (nSPS) is 15.7. The molecule has 0 aliphatic carbocycles. The molecule has 1 amide bonds. The van der Waals surface area contributed by atoms with Gasteiger partial charge in [-0.3, -0.25) is 9.69 Å². The Bertz CT molecular complexity index is 630. The van der Waals surface area contributed by atoms with Crippen LogP contribution in [0, 0.1) is 11.3 Å². The van der Waals surface area contributed by atoms with E-state index in [0.717, 1.165) is 31.6 Å². The molecule has 134 valence electrons. The zero-order valence-electron chi connectivity index (χ0n) is 14.2. The Labute approximate surface area is 153 Å². The Hall–Kier alpha value is -2.07. The van der Waals surface area contributed by atoms with Gasteiger partial charge in [-0.2, -0.15) is 5.26 Å². The number of rotatable bonds is 7. The number of nitrogens with one attached hydrogen (secondary N) is 1. The highest BCUT2D eigenvalue weighted by Gasteiger charge is 2.23. The van der Waals surface area contributed by atoms with Gasteiger partial charge in [0.05, 0.1) is 0 Å². The highest BCUT2D eigenvalue weighted by atomic mass is 35.5. The van der Waals surface area contributed by atoms with Crippen molar-refractivity contribution in [1.29, 1.82) is 5.26 Å². The molecule has 1 aliphatic rings. The topological polar surface area (TPSA) is 85.4 Å². The maximum Gasteiger partial charge on any atom is 0.266 e. The second kappa shape index (κ2) is 10.0. The van der Waals surface area contributed by atoms with Gasteiger partial charge in [-0.15, -0.1) is 0 Å². The molecule has 0 radical (unpaired) electrons. The number of halogens is 1. The second-order valence-electron chi connectivity index (χ2n) is 5.92. The molecule has 7 heteroatoms. The minimum absolute atomic E-state index is 0.142. The van der Waals surface area contributed by atoms with Gasteiger partial charge in [0.25, 0.3) is 5.91 Å². The zero-order chi connectivity index (χ0) is 18.1. The third-order valence-corrected chi connectivity index (χ3v) is 4.43. The summed E-state index contributed by atoms with van der Waals surface area (Å²) >= 11 is 5.86. The number of piperazine rings is 1. The van der Waals surface area contributed by atoms with Crippen LogP contribution in [0.5, 0.6) is 0 Å². The monoisotopic (exact) mass is 361 g/mol. The van der Waals surface area contributed by atoms with E-state index in [2.05, 4.69) is 10.2 Å². The third kappa shape index (κ3) is 6.05. The summed E-state index contributed by atoms with van der Waals surface area (Å²) in [5.41, 5.74) is 6.84. The zero-order valence-corrected chi connectivity index (χ0v) is 15.0. The lowest BCUT2D eigenvalue weighted by Gasteiger charge is -2.34. The molecule has 2 rings (SSSR count). The van der Waals surface area contributed by atoms with Crippen molar-refractivity contribution in [2.24, 2.45) is 5.73 Å². The quantitative estimate of drug-likeness (QED) is 0.429. The molecule has 0 bridgehead atoms. The minimum atomic E-state index is -0.214. The molecule has 0 unspecified atom stereocenters.